The minimum absolute atomic E-state index is 0.119. The van der Waals surface area contributed by atoms with Gasteiger partial charge in [0.2, 0.25) is 0 Å². The Kier molecular flexibility index (Phi) is 5.73. The molecule has 122 valence electrons. The highest BCUT2D eigenvalue weighted by molar-refractivity contribution is 6.00. The third-order valence-electron chi connectivity index (χ3n) is 3.69. The number of aliphatic hydroxyl groups is 2. The Balaban J connectivity index is 2.29. The summed E-state index contributed by atoms with van der Waals surface area (Å²) in [4.78, 5) is 12.6. The number of aliphatic hydroxyl groups excluding tert-OH is 2. The molecule has 0 aliphatic heterocycles. The molecule has 0 saturated heterocycles. The highest BCUT2D eigenvalue weighted by Gasteiger charge is 2.16. The van der Waals surface area contributed by atoms with E-state index in [-0.39, 0.29) is 25.4 Å². The van der Waals surface area contributed by atoms with Gasteiger partial charge < -0.3 is 19.7 Å². The van der Waals surface area contributed by atoms with E-state index in [1.165, 1.54) is 7.11 Å². The van der Waals surface area contributed by atoms with Crippen molar-refractivity contribution in [1.82, 2.24) is 0 Å². The summed E-state index contributed by atoms with van der Waals surface area (Å²) in [5.74, 6) is 1.00. The highest BCUT2D eigenvalue weighted by Crippen LogP contribution is 2.26. The van der Waals surface area contributed by atoms with Crippen LogP contribution in [0.5, 0.6) is 11.5 Å². The van der Waals surface area contributed by atoms with E-state index in [1.54, 1.807) is 31.4 Å². The van der Waals surface area contributed by atoms with Crippen molar-refractivity contribution >= 4 is 5.78 Å². The first kappa shape index (κ1) is 17.0. The number of benzene rings is 2. The van der Waals surface area contributed by atoms with Crippen molar-refractivity contribution in [3.05, 3.63) is 58.7 Å². The summed E-state index contributed by atoms with van der Waals surface area (Å²) in [6.07, 6.45) is 0.212. The average molecular weight is 316 g/mol. The van der Waals surface area contributed by atoms with Gasteiger partial charge in [0.05, 0.1) is 33.0 Å². The Morgan fingerprint density at radius 3 is 2.09 bits per heavy atom. The van der Waals surface area contributed by atoms with Gasteiger partial charge in [0.15, 0.2) is 5.78 Å². The highest BCUT2D eigenvalue weighted by atomic mass is 16.5. The summed E-state index contributed by atoms with van der Waals surface area (Å²) in [7, 11) is 3.06. The van der Waals surface area contributed by atoms with Crippen LogP contribution in [0.1, 0.15) is 27.0 Å². The van der Waals surface area contributed by atoms with Crippen molar-refractivity contribution < 1.29 is 24.5 Å². The summed E-state index contributed by atoms with van der Waals surface area (Å²) in [6.45, 7) is -0.470. The first-order valence-corrected chi connectivity index (χ1v) is 7.20. The van der Waals surface area contributed by atoms with Crippen LogP contribution in [0.15, 0.2) is 36.4 Å². The number of methoxy groups -OCH3 is 2. The Morgan fingerprint density at radius 1 is 0.957 bits per heavy atom. The maximum atomic E-state index is 12.6. The van der Waals surface area contributed by atoms with E-state index in [0.29, 0.717) is 22.4 Å². The topological polar surface area (TPSA) is 76.0 Å². The van der Waals surface area contributed by atoms with Gasteiger partial charge in [-0.3, -0.25) is 4.79 Å². The molecule has 2 aromatic rings. The van der Waals surface area contributed by atoms with E-state index in [2.05, 4.69) is 0 Å². The van der Waals surface area contributed by atoms with Crippen molar-refractivity contribution in [2.45, 2.75) is 19.6 Å². The first-order valence-electron chi connectivity index (χ1n) is 7.20. The zero-order valence-corrected chi connectivity index (χ0v) is 13.2. The Hall–Kier alpha value is -2.37. The van der Waals surface area contributed by atoms with E-state index in [0.717, 1.165) is 11.3 Å². The second-order valence-corrected chi connectivity index (χ2v) is 5.09. The molecule has 0 aliphatic carbocycles. The summed E-state index contributed by atoms with van der Waals surface area (Å²) in [5.41, 5.74) is 2.32. The molecular weight excluding hydrogens is 296 g/mol. The van der Waals surface area contributed by atoms with E-state index < -0.39 is 0 Å². The monoisotopic (exact) mass is 316 g/mol. The molecule has 0 bridgehead atoms. The second-order valence-electron chi connectivity index (χ2n) is 5.09. The minimum Gasteiger partial charge on any atom is -0.497 e. The number of Topliss-reactive ketones (excluding diaryl/α,β-unsaturated/α-hetero) is 1. The molecule has 0 radical (unpaired) electrons. The molecule has 0 amide bonds. The quantitative estimate of drug-likeness (QED) is 0.765. The lowest BCUT2D eigenvalue weighted by molar-refractivity contribution is 0.0989. The first-order chi connectivity index (χ1) is 11.1. The predicted octanol–water partition coefficient (Wildman–Crippen LogP) is 2.11. The number of rotatable bonds is 7. The number of ketones is 1. The van der Waals surface area contributed by atoms with Crippen LogP contribution >= 0.6 is 0 Å². The molecule has 23 heavy (non-hydrogen) atoms. The van der Waals surface area contributed by atoms with Gasteiger partial charge in [-0.15, -0.1) is 0 Å². The largest absolute Gasteiger partial charge is 0.497 e. The van der Waals surface area contributed by atoms with Crippen LogP contribution in [0.4, 0.5) is 0 Å². The molecule has 2 N–H and O–H groups in total. The lowest BCUT2D eigenvalue weighted by Crippen LogP contribution is -2.08. The van der Waals surface area contributed by atoms with Crippen LogP contribution in [0.3, 0.4) is 0 Å². The fourth-order valence-electron chi connectivity index (χ4n) is 2.37. The van der Waals surface area contributed by atoms with Crippen LogP contribution in [0, 0.1) is 0 Å². The van der Waals surface area contributed by atoms with E-state index in [1.807, 2.05) is 12.1 Å². The molecule has 0 unspecified atom stereocenters. The fraction of sp³-hybridized carbons (Fsp3) is 0.278. The Bertz CT molecular complexity index is 677. The maximum Gasteiger partial charge on any atom is 0.170 e. The van der Waals surface area contributed by atoms with Crippen LogP contribution < -0.4 is 9.47 Å². The van der Waals surface area contributed by atoms with Gasteiger partial charge in [0.25, 0.3) is 0 Å². The zero-order valence-electron chi connectivity index (χ0n) is 13.2. The molecule has 0 heterocycles. The summed E-state index contributed by atoms with van der Waals surface area (Å²) in [5, 5.41) is 18.7. The van der Waals surface area contributed by atoms with Gasteiger partial charge in [-0.05, 0) is 41.0 Å². The van der Waals surface area contributed by atoms with Crippen LogP contribution in [0.25, 0.3) is 0 Å². The normalized spacial score (nSPS) is 10.4. The number of ether oxygens (including phenoxy) is 2. The van der Waals surface area contributed by atoms with Crippen LogP contribution in [-0.4, -0.2) is 30.2 Å². The number of hydrogen-bond donors (Lipinski definition) is 2. The molecule has 0 aliphatic rings. The molecule has 2 rings (SSSR count). The van der Waals surface area contributed by atoms with Crippen LogP contribution in [-0.2, 0) is 19.6 Å². The lowest BCUT2D eigenvalue weighted by Gasteiger charge is -2.13. The van der Waals surface area contributed by atoms with E-state index >= 15 is 0 Å². The number of hydrogen-bond acceptors (Lipinski definition) is 5. The van der Waals surface area contributed by atoms with Gasteiger partial charge in [-0.25, -0.2) is 0 Å². The molecule has 0 saturated carbocycles. The van der Waals surface area contributed by atoms with Crippen molar-refractivity contribution in [3.63, 3.8) is 0 Å². The van der Waals surface area contributed by atoms with E-state index in [9.17, 15) is 15.0 Å². The molecule has 0 fully saturated rings. The SMILES string of the molecule is COc1ccc(CC(=O)c2cc(CO)c(CO)cc2OC)cc1. The van der Waals surface area contributed by atoms with Crippen molar-refractivity contribution in [2.24, 2.45) is 0 Å². The zero-order chi connectivity index (χ0) is 16.8. The average Bonchev–Trinajstić information content (AvgIpc) is 2.60. The second kappa shape index (κ2) is 7.76. The summed E-state index contributed by atoms with van der Waals surface area (Å²) < 4.78 is 10.3. The summed E-state index contributed by atoms with van der Waals surface area (Å²) in [6, 6.07) is 10.4. The van der Waals surface area contributed by atoms with Gasteiger partial charge in [0.1, 0.15) is 11.5 Å². The molecule has 0 aromatic heterocycles. The molecular formula is C18H20O5. The maximum absolute atomic E-state index is 12.6. The lowest BCUT2D eigenvalue weighted by atomic mass is 9.97. The van der Waals surface area contributed by atoms with Gasteiger partial charge >= 0.3 is 0 Å². The fourth-order valence-corrected chi connectivity index (χ4v) is 2.37. The van der Waals surface area contributed by atoms with Crippen molar-refractivity contribution in [1.29, 1.82) is 0 Å². The van der Waals surface area contributed by atoms with Gasteiger partial charge in [-0.2, -0.15) is 0 Å². The van der Waals surface area contributed by atoms with Crippen molar-refractivity contribution in [2.75, 3.05) is 14.2 Å². The molecule has 0 spiro atoms. The molecule has 0 atom stereocenters. The molecule has 5 heteroatoms. The van der Waals surface area contributed by atoms with Gasteiger partial charge in [0, 0.05) is 6.42 Å². The summed E-state index contributed by atoms with van der Waals surface area (Å²) >= 11 is 0. The Morgan fingerprint density at radius 2 is 1.57 bits per heavy atom. The number of carbonyl (C=O) groups excluding carboxylic acids is 1. The third kappa shape index (κ3) is 3.88. The smallest absolute Gasteiger partial charge is 0.170 e. The molecule has 2 aromatic carbocycles. The third-order valence-corrected chi connectivity index (χ3v) is 3.69. The standard InChI is InChI=1S/C18H20O5/c1-22-15-5-3-12(4-6-15)7-17(21)16-8-13(10-19)14(11-20)9-18(16)23-2/h3-6,8-9,19-20H,7,10-11H2,1-2H3. The predicted molar refractivity (Wildman–Crippen MR) is 85.9 cm³/mol. The Labute approximate surface area is 135 Å². The van der Waals surface area contributed by atoms with Gasteiger partial charge in [-0.1, -0.05) is 12.1 Å². The van der Waals surface area contributed by atoms with Crippen LogP contribution in [0.2, 0.25) is 0 Å². The minimum atomic E-state index is -0.247. The molecule has 5 nitrogen and oxygen atoms in total. The number of carbonyl (C=O) groups is 1. The van der Waals surface area contributed by atoms with Crippen molar-refractivity contribution in [3.8, 4) is 11.5 Å². The van der Waals surface area contributed by atoms with E-state index in [4.69, 9.17) is 9.47 Å².